The molecule has 3 aromatic carbocycles. The second-order valence-electron chi connectivity index (χ2n) is 11.4. The van der Waals surface area contributed by atoms with Crippen LogP contribution in [0.4, 0.5) is 17.6 Å². The summed E-state index contributed by atoms with van der Waals surface area (Å²) in [7, 11) is 0.0396. The number of aliphatic carboxylic acids is 1. The summed E-state index contributed by atoms with van der Waals surface area (Å²) in [5, 5.41) is 11.3. The molecule has 7 heteroatoms. The lowest BCUT2D eigenvalue weighted by molar-refractivity contribution is -0.138. The van der Waals surface area contributed by atoms with Gasteiger partial charge < -0.3 is 5.11 Å². The minimum atomic E-state index is -4.41. The number of benzene rings is 3. The normalized spacial score (nSPS) is 21.7. The monoisotopic (exact) mass is 572 g/mol. The van der Waals surface area contributed by atoms with E-state index in [9.17, 15) is 27.5 Å². The fourth-order valence-corrected chi connectivity index (χ4v) is 7.08. The number of carboxylic acid groups (broad SMARTS) is 1. The Morgan fingerprint density at radius 3 is 2.17 bits per heavy atom. The van der Waals surface area contributed by atoms with E-state index in [-0.39, 0.29) is 20.3 Å². The van der Waals surface area contributed by atoms with Crippen LogP contribution in [0.5, 0.6) is 0 Å². The van der Waals surface area contributed by atoms with E-state index in [0.29, 0.717) is 23.3 Å². The zero-order chi connectivity index (χ0) is 29.0. The Bertz CT molecular complexity index is 1290. The molecule has 0 amide bonds. The van der Waals surface area contributed by atoms with Gasteiger partial charge in [-0.3, -0.25) is 4.79 Å². The van der Waals surface area contributed by atoms with Crippen LogP contribution in [0.15, 0.2) is 66.7 Å². The highest BCUT2D eigenvalue weighted by Crippen LogP contribution is 2.41. The maximum atomic E-state index is 13.9. The summed E-state index contributed by atoms with van der Waals surface area (Å²) in [6.07, 6.45) is 1.12. The lowest BCUT2D eigenvalue weighted by Gasteiger charge is -2.29. The van der Waals surface area contributed by atoms with Crippen molar-refractivity contribution in [1.82, 2.24) is 0 Å². The molecule has 6 unspecified atom stereocenters. The fourth-order valence-electron chi connectivity index (χ4n) is 5.80. The van der Waals surface area contributed by atoms with Crippen LogP contribution >= 0.6 is 8.58 Å². The summed E-state index contributed by atoms with van der Waals surface area (Å²) in [6, 6.07) is 17.5. The quantitative estimate of drug-likeness (QED) is 0.167. The van der Waals surface area contributed by atoms with Crippen LogP contribution < -0.4 is 10.6 Å². The van der Waals surface area contributed by atoms with E-state index >= 15 is 0 Å². The zero-order valence-corrected chi connectivity index (χ0v) is 24.1. The van der Waals surface area contributed by atoms with Crippen molar-refractivity contribution >= 4 is 25.2 Å². The second kappa shape index (κ2) is 12.9. The van der Waals surface area contributed by atoms with Crippen molar-refractivity contribution in [3.05, 3.63) is 94.8 Å². The lowest BCUT2D eigenvalue weighted by Crippen LogP contribution is -2.21. The second-order valence-corrected chi connectivity index (χ2v) is 12.8. The maximum absolute atomic E-state index is 13.9. The maximum Gasteiger partial charge on any atom is 0.416 e. The van der Waals surface area contributed by atoms with E-state index in [1.165, 1.54) is 37.1 Å². The predicted molar refractivity (Wildman–Crippen MR) is 155 cm³/mol. The Hall–Kier alpha value is -2.72. The molecule has 0 saturated heterocycles. The number of rotatable bonds is 8. The number of hydrogen-bond acceptors (Lipinski definition) is 1. The SMILES string of the molecule is CC1CCC(C)C(CC(c2ccc(F)cc2)c2ccc(C(C)C(=O)O)cc2Pc2ccc(C(F)(F)F)cc2)CC1. The summed E-state index contributed by atoms with van der Waals surface area (Å²) in [5.74, 6) is -0.319. The van der Waals surface area contributed by atoms with Crippen molar-refractivity contribution in [3.63, 3.8) is 0 Å². The van der Waals surface area contributed by atoms with Gasteiger partial charge >= 0.3 is 12.1 Å². The Balaban J connectivity index is 1.78. The number of carbonyl (C=O) groups is 1. The molecule has 214 valence electrons. The first kappa shape index (κ1) is 30.2. The van der Waals surface area contributed by atoms with Gasteiger partial charge in [0.05, 0.1) is 11.5 Å². The Kier molecular flexibility index (Phi) is 9.72. The van der Waals surface area contributed by atoms with Gasteiger partial charge in [0.2, 0.25) is 0 Å². The van der Waals surface area contributed by atoms with E-state index in [1.54, 1.807) is 6.92 Å². The van der Waals surface area contributed by atoms with Crippen LogP contribution in [0.2, 0.25) is 0 Å². The summed E-state index contributed by atoms with van der Waals surface area (Å²) in [6.45, 7) is 6.25. The number of alkyl halides is 3. The largest absolute Gasteiger partial charge is 0.481 e. The highest BCUT2D eigenvalue weighted by molar-refractivity contribution is 7.55. The van der Waals surface area contributed by atoms with E-state index < -0.39 is 23.6 Å². The summed E-state index contributed by atoms with van der Waals surface area (Å²) < 4.78 is 53.5. The zero-order valence-electron chi connectivity index (χ0n) is 23.1. The smallest absolute Gasteiger partial charge is 0.416 e. The van der Waals surface area contributed by atoms with E-state index in [0.717, 1.165) is 53.1 Å². The molecule has 1 aliphatic carbocycles. The third-order valence-electron chi connectivity index (χ3n) is 8.58. The van der Waals surface area contributed by atoms with Crippen LogP contribution in [-0.2, 0) is 11.0 Å². The molecular formula is C33H37F4O2P. The summed E-state index contributed by atoms with van der Waals surface area (Å²) >= 11 is 0. The third kappa shape index (κ3) is 7.51. The van der Waals surface area contributed by atoms with E-state index in [1.807, 2.05) is 30.3 Å². The fraction of sp³-hybridized carbons (Fsp3) is 0.424. The first-order valence-electron chi connectivity index (χ1n) is 14.0. The topological polar surface area (TPSA) is 37.3 Å². The molecule has 1 N–H and O–H groups in total. The highest BCUT2D eigenvalue weighted by Gasteiger charge is 2.31. The highest BCUT2D eigenvalue weighted by atomic mass is 31.1. The van der Waals surface area contributed by atoms with E-state index in [4.69, 9.17) is 0 Å². The Labute approximate surface area is 236 Å². The standard InChI is InChI=1S/C33H37F4O2P/c1-20-4-6-21(2)24(7-5-20)18-30(23-8-13-27(34)14-9-23)29-17-10-25(22(3)32(38)39)19-31(29)40-28-15-11-26(12-16-28)33(35,36)37/h8-17,19-22,24,30,40H,4-7,18H2,1-3H3,(H,38,39). The van der Waals surface area contributed by atoms with Crippen LogP contribution in [-0.4, -0.2) is 11.1 Å². The third-order valence-corrected chi connectivity index (χ3v) is 9.90. The van der Waals surface area contributed by atoms with Crippen molar-refractivity contribution in [2.24, 2.45) is 17.8 Å². The molecule has 0 bridgehead atoms. The molecular weight excluding hydrogens is 535 g/mol. The predicted octanol–water partition coefficient (Wildman–Crippen LogP) is 8.65. The van der Waals surface area contributed by atoms with Gasteiger partial charge in [0.25, 0.3) is 0 Å². The van der Waals surface area contributed by atoms with Gasteiger partial charge in [0, 0.05) is 5.92 Å². The molecule has 0 aromatic heterocycles. The molecule has 0 spiro atoms. The number of carboxylic acids is 1. The van der Waals surface area contributed by atoms with Gasteiger partial charge in [-0.15, -0.1) is 0 Å². The van der Waals surface area contributed by atoms with Crippen LogP contribution in [0.25, 0.3) is 0 Å². The molecule has 0 radical (unpaired) electrons. The number of hydrogen-bond donors (Lipinski definition) is 1. The van der Waals surface area contributed by atoms with Crippen molar-refractivity contribution in [3.8, 4) is 0 Å². The van der Waals surface area contributed by atoms with Crippen LogP contribution in [0, 0.1) is 23.6 Å². The molecule has 1 saturated carbocycles. The molecule has 0 heterocycles. The van der Waals surface area contributed by atoms with Crippen molar-refractivity contribution in [2.45, 2.75) is 70.9 Å². The Morgan fingerprint density at radius 1 is 0.925 bits per heavy atom. The van der Waals surface area contributed by atoms with Gasteiger partial charge in [0.1, 0.15) is 5.82 Å². The van der Waals surface area contributed by atoms with Gasteiger partial charge in [-0.2, -0.15) is 13.2 Å². The molecule has 4 rings (SSSR count). The lowest BCUT2D eigenvalue weighted by atomic mass is 9.77. The first-order chi connectivity index (χ1) is 18.9. The van der Waals surface area contributed by atoms with Crippen LogP contribution in [0.3, 0.4) is 0 Å². The molecule has 0 aliphatic heterocycles. The average Bonchev–Trinajstić information content (AvgIpc) is 3.07. The molecule has 40 heavy (non-hydrogen) atoms. The van der Waals surface area contributed by atoms with E-state index in [2.05, 4.69) is 13.8 Å². The van der Waals surface area contributed by atoms with Crippen LogP contribution in [0.1, 0.15) is 87.0 Å². The average molecular weight is 573 g/mol. The molecule has 2 nitrogen and oxygen atoms in total. The summed E-state index contributed by atoms with van der Waals surface area (Å²) in [4.78, 5) is 11.8. The van der Waals surface area contributed by atoms with Crippen molar-refractivity contribution in [1.29, 1.82) is 0 Å². The van der Waals surface area contributed by atoms with Crippen molar-refractivity contribution in [2.75, 3.05) is 0 Å². The molecule has 3 aromatic rings. The Morgan fingerprint density at radius 2 is 1.55 bits per heavy atom. The summed E-state index contributed by atoms with van der Waals surface area (Å²) in [5.41, 5.74) is 1.97. The van der Waals surface area contributed by atoms with Gasteiger partial charge in [-0.05, 0) is 89.1 Å². The molecule has 1 fully saturated rings. The van der Waals surface area contributed by atoms with Crippen molar-refractivity contribution < 1.29 is 27.5 Å². The minimum Gasteiger partial charge on any atom is -0.481 e. The van der Waals surface area contributed by atoms with Gasteiger partial charge in [-0.25, -0.2) is 4.39 Å². The van der Waals surface area contributed by atoms with Gasteiger partial charge in [0.15, 0.2) is 0 Å². The van der Waals surface area contributed by atoms with Gasteiger partial charge in [-0.1, -0.05) is 84.2 Å². The molecule has 1 aliphatic rings. The first-order valence-corrected chi connectivity index (χ1v) is 15.0. The minimum absolute atomic E-state index is 0.0396. The number of halogens is 4. The molecule has 6 atom stereocenters.